The van der Waals surface area contributed by atoms with E-state index < -0.39 is 22.0 Å². The number of rotatable bonds is 11. The summed E-state index contributed by atoms with van der Waals surface area (Å²) in [5, 5.41) is 2.72. The summed E-state index contributed by atoms with van der Waals surface area (Å²) < 4.78 is 13.9. The smallest absolute Gasteiger partial charge is 0.261 e. The molecule has 0 radical (unpaired) electrons. The molecule has 0 saturated carbocycles. The second-order valence-electron chi connectivity index (χ2n) is 15.4. The molecule has 226 valence electrons. The van der Waals surface area contributed by atoms with Crippen LogP contribution in [0.3, 0.4) is 0 Å². The van der Waals surface area contributed by atoms with Crippen molar-refractivity contribution in [2.45, 2.75) is 105 Å². The molecule has 0 saturated heterocycles. The molecule has 0 amide bonds. The molecule has 2 aromatic rings. The molecule has 2 aromatic carbocycles. The van der Waals surface area contributed by atoms with Crippen LogP contribution < -0.4 is 10.4 Å². The zero-order valence-electron chi connectivity index (χ0n) is 27.8. The van der Waals surface area contributed by atoms with Crippen LogP contribution in [0.15, 0.2) is 72.3 Å². The first kappa shape index (κ1) is 33.7. The molecular weight excluding hydrogens is 537 g/mol. The molecule has 1 aliphatic rings. The monoisotopic (exact) mass is 592 g/mol. The Bertz CT molecular complexity index is 1140. The lowest BCUT2D eigenvalue weighted by molar-refractivity contribution is -0.122. The minimum absolute atomic E-state index is 0.0735. The summed E-state index contributed by atoms with van der Waals surface area (Å²) in [5.41, 5.74) is 0.664. The van der Waals surface area contributed by atoms with Gasteiger partial charge >= 0.3 is 0 Å². The van der Waals surface area contributed by atoms with Gasteiger partial charge in [-0.25, -0.2) is 0 Å². The van der Waals surface area contributed by atoms with E-state index in [-0.39, 0.29) is 21.4 Å². The van der Waals surface area contributed by atoms with Crippen molar-refractivity contribution in [1.29, 1.82) is 0 Å². The highest BCUT2D eigenvalue weighted by Gasteiger charge is 2.52. The van der Waals surface area contributed by atoms with E-state index in [1.165, 1.54) is 22.2 Å². The topological polar surface area (TPSA) is 35.5 Å². The Balaban J connectivity index is 1.95. The predicted molar refractivity (Wildman–Crippen MR) is 180 cm³/mol. The normalized spacial score (nSPS) is 24.2. The number of benzene rings is 2. The number of allylic oxidation sites excluding steroid dienone is 1. The van der Waals surface area contributed by atoms with Crippen LogP contribution in [0.2, 0.25) is 23.2 Å². The van der Waals surface area contributed by atoms with Gasteiger partial charge in [0.05, 0.1) is 6.61 Å². The quantitative estimate of drug-likeness (QED) is 0.114. The van der Waals surface area contributed by atoms with Gasteiger partial charge in [0.25, 0.3) is 8.32 Å². The highest BCUT2D eigenvalue weighted by molar-refractivity contribution is 6.99. The fourth-order valence-electron chi connectivity index (χ4n) is 6.38. The van der Waals surface area contributed by atoms with Crippen LogP contribution in [0.5, 0.6) is 0 Å². The summed E-state index contributed by atoms with van der Waals surface area (Å²) in [6.07, 6.45) is 6.34. The van der Waals surface area contributed by atoms with Crippen LogP contribution in [-0.2, 0) is 13.6 Å². The van der Waals surface area contributed by atoms with Gasteiger partial charge in [0.15, 0.2) is 8.32 Å². The zero-order valence-corrected chi connectivity index (χ0v) is 29.8. The summed E-state index contributed by atoms with van der Waals surface area (Å²) in [7, 11) is -4.45. The highest BCUT2D eigenvalue weighted by Crippen LogP contribution is 2.52. The fraction of sp³-hybridized carbons (Fsp3) is 0.583. The van der Waals surface area contributed by atoms with Gasteiger partial charge in [0, 0.05) is 12.0 Å². The van der Waals surface area contributed by atoms with Crippen molar-refractivity contribution in [2.75, 3.05) is 13.2 Å². The van der Waals surface area contributed by atoms with E-state index in [4.69, 9.17) is 8.85 Å². The van der Waals surface area contributed by atoms with Crippen molar-refractivity contribution < 1.29 is 13.6 Å². The summed E-state index contributed by atoms with van der Waals surface area (Å²) >= 11 is 0. The molecule has 0 bridgehead atoms. The van der Waals surface area contributed by atoms with Crippen LogP contribution in [0.1, 0.15) is 81.6 Å². The van der Waals surface area contributed by atoms with E-state index in [9.17, 15) is 4.79 Å². The molecule has 0 heterocycles. The van der Waals surface area contributed by atoms with Gasteiger partial charge in [-0.05, 0) is 69.7 Å². The van der Waals surface area contributed by atoms with Crippen LogP contribution in [0.25, 0.3) is 0 Å². The first-order valence-electron chi connectivity index (χ1n) is 15.5. The second kappa shape index (κ2) is 12.4. The van der Waals surface area contributed by atoms with E-state index in [0.717, 1.165) is 25.9 Å². The lowest BCUT2D eigenvalue weighted by atomic mass is 9.56. The van der Waals surface area contributed by atoms with Gasteiger partial charge in [-0.2, -0.15) is 0 Å². The first-order valence-corrected chi connectivity index (χ1v) is 20.3. The molecule has 0 aromatic heterocycles. The van der Waals surface area contributed by atoms with Gasteiger partial charge in [0.2, 0.25) is 0 Å². The summed E-state index contributed by atoms with van der Waals surface area (Å²) in [6, 6.07) is 21.7. The Morgan fingerprint density at radius 3 is 1.80 bits per heavy atom. The van der Waals surface area contributed by atoms with E-state index >= 15 is 0 Å². The average molecular weight is 593 g/mol. The second-order valence-corrected chi connectivity index (χ2v) is 24.6. The maximum absolute atomic E-state index is 12.6. The highest BCUT2D eigenvalue weighted by atomic mass is 28.4. The van der Waals surface area contributed by atoms with Gasteiger partial charge < -0.3 is 13.6 Å². The molecule has 0 aliphatic heterocycles. The van der Waals surface area contributed by atoms with Crippen molar-refractivity contribution in [3.8, 4) is 0 Å². The number of aldehydes is 1. The molecule has 0 N–H and O–H groups in total. The molecule has 0 fully saturated rings. The van der Waals surface area contributed by atoms with Crippen LogP contribution in [0.4, 0.5) is 0 Å². The van der Waals surface area contributed by atoms with E-state index in [0.29, 0.717) is 6.61 Å². The Labute approximate surface area is 253 Å². The molecule has 0 spiro atoms. The number of hydrogen-bond donors (Lipinski definition) is 0. The molecule has 5 heteroatoms. The molecule has 1 aliphatic carbocycles. The SMILES string of the molecule is C[C@@H]1C[C@](C)(C=O)[C@@](C)(CCCO[Si](C)(C)C(C)(C)C)C=C1CO[Si](c1ccccc1)(c1ccccc1)C(C)(C)C. The Morgan fingerprint density at radius 1 is 0.854 bits per heavy atom. The zero-order chi connectivity index (χ0) is 30.7. The lowest BCUT2D eigenvalue weighted by Crippen LogP contribution is -2.66. The number of carbonyl (C=O) groups is 1. The lowest BCUT2D eigenvalue weighted by Gasteiger charge is -2.49. The molecule has 41 heavy (non-hydrogen) atoms. The predicted octanol–water partition coefficient (Wildman–Crippen LogP) is 8.54. The van der Waals surface area contributed by atoms with Crippen LogP contribution in [-0.4, -0.2) is 36.1 Å². The summed E-state index contributed by atoms with van der Waals surface area (Å²) in [6.45, 7) is 26.5. The minimum Gasteiger partial charge on any atom is -0.417 e. The third kappa shape index (κ3) is 6.90. The third-order valence-electron chi connectivity index (χ3n) is 10.4. The summed E-state index contributed by atoms with van der Waals surface area (Å²) in [5.74, 6) is 0.278. The molecular formula is C36H56O3Si2. The summed E-state index contributed by atoms with van der Waals surface area (Å²) in [4.78, 5) is 12.6. The van der Waals surface area contributed by atoms with Gasteiger partial charge in [0.1, 0.15) is 6.29 Å². The Morgan fingerprint density at radius 2 is 1.37 bits per heavy atom. The van der Waals surface area contributed by atoms with Crippen molar-refractivity contribution in [2.24, 2.45) is 16.7 Å². The first-order chi connectivity index (χ1) is 18.9. The van der Waals surface area contributed by atoms with E-state index in [1.54, 1.807) is 0 Å². The molecule has 3 rings (SSSR count). The van der Waals surface area contributed by atoms with Crippen molar-refractivity contribution >= 4 is 33.3 Å². The van der Waals surface area contributed by atoms with E-state index in [1.807, 2.05) is 0 Å². The van der Waals surface area contributed by atoms with Crippen molar-refractivity contribution in [3.63, 3.8) is 0 Å². The van der Waals surface area contributed by atoms with Crippen LogP contribution >= 0.6 is 0 Å². The van der Waals surface area contributed by atoms with Crippen LogP contribution in [0, 0.1) is 16.7 Å². The number of hydrogen-bond acceptors (Lipinski definition) is 3. The van der Waals surface area contributed by atoms with Gasteiger partial charge in [-0.15, -0.1) is 0 Å². The fourth-order valence-corrected chi connectivity index (χ4v) is 12.0. The van der Waals surface area contributed by atoms with Gasteiger partial charge in [-0.3, -0.25) is 0 Å². The minimum atomic E-state index is -2.65. The largest absolute Gasteiger partial charge is 0.417 e. The number of carbonyl (C=O) groups excluding carboxylic acids is 1. The van der Waals surface area contributed by atoms with Crippen molar-refractivity contribution in [1.82, 2.24) is 0 Å². The van der Waals surface area contributed by atoms with Gasteiger partial charge in [-0.1, -0.05) is 129 Å². The third-order valence-corrected chi connectivity index (χ3v) is 19.9. The molecule has 0 unspecified atom stereocenters. The maximum atomic E-state index is 12.6. The Kier molecular flexibility index (Phi) is 10.2. The maximum Gasteiger partial charge on any atom is 0.261 e. The molecule has 3 atom stereocenters. The Hall–Kier alpha value is -1.80. The average Bonchev–Trinajstić information content (AvgIpc) is 2.90. The standard InChI is InChI=1S/C36H56O3Si2/c1-29-25-36(9,28-37)35(8,23-18-24-38-40(10,11)33(2,3)4)26-30(29)27-39-41(34(5,6)7,31-19-14-12-15-20-31)32-21-16-13-17-22-32/h12-17,19-22,26,28-29H,18,23-25,27H2,1-11H3/t29-,35+,36-/m1/s1. The molecule has 3 nitrogen and oxygen atoms in total. The van der Waals surface area contributed by atoms with Crippen molar-refractivity contribution in [3.05, 3.63) is 72.3 Å². The van der Waals surface area contributed by atoms with E-state index in [2.05, 4.69) is 142 Å².